The van der Waals surface area contributed by atoms with Gasteiger partial charge in [-0.25, -0.2) is 4.98 Å². The van der Waals surface area contributed by atoms with E-state index in [4.69, 9.17) is 22.2 Å². The topological polar surface area (TPSA) is 66.8 Å². The van der Waals surface area contributed by atoms with Crippen LogP contribution in [0.25, 0.3) is 16.7 Å². The molecule has 4 aromatic rings. The van der Waals surface area contributed by atoms with Crippen molar-refractivity contribution in [2.75, 3.05) is 4.90 Å². The molecular formula is C24H23N5OS. The molecule has 1 atom stereocenters. The van der Waals surface area contributed by atoms with Crippen molar-refractivity contribution >= 4 is 34.9 Å². The van der Waals surface area contributed by atoms with Crippen molar-refractivity contribution in [3.8, 4) is 5.69 Å². The number of para-hydroxylation sites is 2. The summed E-state index contributed by atoms with van der Waals surface area (Å²) in [5, 5.41) is 0.340. The molecule has 156 valence electrons. The number of aromatic nitrogens is 4. The summed E-state index contributed by atoms with van der Waals surface area (Å²) in [5.41, 5.74) is 5.52. The minimum absolute atomic E-state index is 0.185. The van der Waals surface area contributed by atoms with E-state index >= 15 is 0 Å². The summed E-state index contributed by atoms with van der Waals surface area (Å²) in [5.74, 6) is 1.20. The zero-order chi connectivity index (χ0) is 21.9. The summed E-state index contributed by atoms with van der Waals surface area (Å²) in [7, 11) is 0. The minimum Gasteiger partial charge on any atom is -0.309 e. The maximum Gasteiger partial charge on any atom is 0.264 e. The molecule has 0 saturated carbocycles. The summed E-state index contributed by atoms with van der Waals surface area (Å²) in [4.78, 5) is 27.7. The van der Waals surface area contributed by atoms with Crippen molar-refractivity contribution in [3.63, 3.8) is 0 Å². The number of hydrogen-bond donors (Lipinski definition) is 1. The first-order valence-corrected chi connectivity index (χ1v) is 10.7. The van der Waals surface area contributed by atoms with Crippen LogP contribution in [0.5, 0.6) is 0 Å². The van der Waals surface area contributed by atoms with Crippen molar-refractivity contribution in [3.05, 3.63) is 80.0 Å². The fraction of sp³-hybridized carbons (Fsp3) is 0.250. The van der Waals surface area contributed by atoms with Gasteiger partial charge in [0.25, 0.3) is 5.56 Å². The van der Waals surface area contributed by atoms with E-state index in [1.807, 2.05) is 55.7 Å². The molecule has 31 heavy (non-hydrogen) atoms. The van der Waals surface area contributed by atoms with Crippen molar-refractivity contribution in [1.82, 2.24) is 19.5 Å². The monoisotopic (exact) mass is 429 g/mol. The van der Waals surface area contributed by atoms with Crippen LogP contribution in [0.3, 0.4) is 0 Å². The molecule has 3 heterocycles. The lowest BCUT2D eigenvalue weighted by molar-refractivity contribution is 0.739. The van der Waals surface area contributed by atoms with Gasteiger partial charge in [0.15, 0.2) is 5.65 Å². The number of aryl methyl sites for hydroxylation is 3. The van der Waals surface area contributed by atoms with Gasteiger partial charge in [-0.3, -0.25) is 14.3 Å². The van der Waals surface area contributed by atoms with Crippen LogP contribution in [-0.2, 0) is 6.42 Å². The van der Waals surface area contributed by atoms with Crippen LogP contribution in [-0.4, -0.2) is 25.6 Å². The van der Waals surface area contributed by atoms with Gasteiger partial charge in [0.05, 0.1) is 5.69 Å². The van der Waals surface area contributed by atoms with Gasteiger partial charge in [-0.1, -0.05) is 48.6 Å². The summed E-state index contributed by atoms with van der Waals surface area (Å²) >= 11 is 5.78. The lowest BCUT2D eigenvalue weighted by Gasteiger charge is -2.23. The number of nitrogens with zero attached hydrogens (tertiary/aromatic N) is 4. The Kier molecular flexibility index (Phi) is 4.51. The molecule has 1 N–H and O–H groups in total. The van der Waals surface area contributed by atoms with E-state index in [-0.39, 0.29) is 11.6 Å². The Morgan fingerprint density at radius 2 is 1.74 bits per heavy atom. The van der Waals surface area contributed by atoms with E-state index in [9.17, 15) is 4.79 Å². The average molecular weight is 430 g/mol. The highest BCUT2D eigenvalue weighted by Crippen LogP contribution is 2.36. The second-order valence-corrected chi connectivity index (χ2v) is 8.57. The molecular weight excluding hydrogens is 406 g/mol. The smallest absolute Gasteiger partial charge is 0.264 e. The van der Waals surface area contributed by atoms with Gasteiger partial charge in [0, 0.05) is 11.7 Å². The number of fused-ring (bicyclic) bond motifs is 2. The molecule has 1 aliphatic rings. The lowest BCUT2D eigenvalue weighted by atomic mass is 10.1. The molecule has 0 saturated heterocycles. The SMILES string of the molecule is Cc1cccc(C)c1-n1c(C)nc2nc(N3c4ccccc4C[C@H]3C)[nH]c(=O)c2c1=S. The van der Waals surface area contributed by atoms with Gasteiger partial charge < -0.3 is 4.90 Å². The molecule has 5 rings (SSSR count). The van der Waals surface area contributed by atoms with Crippen LogP contribution in [0.2, 0.25) is 0 Å². The van der Waals surface area contributed by atoms with Crippen LogP contribution in [0.1, 0.15) is 29.4 Å². The van der Waals surface area contributed by atoms with E-state index in [2.05, 4.69) is 28.9 Å². The van der Waals surface area contributed by atoms with E-state index < -0.39 is 0 Å². The van der Waals surface area contributed by atoms with Gasteiger partial charge in [-0.05, 0) is 56.9 Å². The molecule has 0 fully saturated rings. The normalized spacial score (nSPS) is 15.5. The largest absolute Gasteiger partial charge is 0.309 e. The third kappa shape index (κ3) is 2.99. The zero-order valence-corrected chi connectivity index (χ0v) is 18.7. The van der Waals surface area contributed by atoms with Crippen molar-refractivity contribution in [2.45, 2.75) is 40.2 Å². The first-order valence-electron chi connectivity index (χ1n) is 10.3. The van der Waals surface area contributed by atoms with Gasteiger partial charge in [-0.2, -0.15) is 4.98 Å². The molecule has 2 aromatic carbocycles. The van der Waals surface area contributed by atoms with Crippen molar-refractivity contribution in [2.24, 2.45) is 0 Å². The number of hydrogen-bond acceptors (Lipinski definition) is 5. The first-order chi connectivity index (χ1) is 14.9. The molecule has 6 nitrogen and oxygen atoms in total. The highest BCUT2D eigenvalue weighted by Gasteiger charge is 2.29. The number of H-pyrrole nitrogens is 1. The second kappa shape index (κ2) is 7.13. The molecule has 0 bridgehead atoms. The summed E-state index contributed by atoms with van der Waals surface area (Å²) in [6, 6.07) is 14.5. The third-order valence-electron chi connectivity index (χ3n) is 5.99. The second-order valence-electron chi connectivity index (χ2n) is 8.18. The van der Waals surface area contributed by atoms with E-state index in [1.165, 1.54) is 5.56 Å². The summed E-state index contributed by atoms with van der Waals surface area (Å²) in [6.45, 7) is 8.09. The van der Waals surface area contributed by atoms with Crippen LogP contribution in [0.15, 0.2) is 47.3 Å². The van der Waals surface area contributed by atoms with Crippen LogP contribution < -0.4 is 10.5 Å². The molecule has 1 aliphatic heterocycles. The standard InChI is InChI=1S/C24H23N5OS/c1-13-8-7-9-14(2)20(13)29-16(4)25-21-19(23(29)31)22(30)27-24(26-21)28-15(3)12-17-10-5-6-11-18(17)28/h5-11,15H,12H2,1-4H3,(H,26,27,30)/t15-/m1/s1. The fourth-order valence-electron chi connectivity index (χ4n) is 4.61. The highest BCUT2D eigenvalue weighted by molar-refractivity contribution is 7.71. The number of benzene rings is 2. The van der Waals surface area contributed by atoms with Crippen LogP contribution in [0.4, 0.5) is 11.6 Å². The Labute approximate surface area is 185 Å². The summed E-state index contributed by atoms with van der Waals surface area (Å²) < 4.78 is 2.31. The average Bonchev–Trinajstić information content (AvgIpc) is 3.05. The number of nitrogens with one attached hydrogen (secondary N) is 1. The van der Waals surface area contributed by atoms with Gasteiger partial charge >= 0.3 is 0 Å². The molecule has 0 spiro atoms. The quantitative estimate of drug-likeness (QED) is 0.462. The fourth-order valence-corrected chi connectivity index (χ4v) is 5.02. The Morgan fingerprint density at radius 3 is 2.48 bits per heavy atom. The Bertz CT molecular complexity index is 1450. The van der Waals surface area contributed by atoms with Crippen molar-refractivity contribution < 1.29 is 0 Å². The minimum atomic E-state index is -0.269. The number of aromatic amines is 1. The van der Waals surface area contributed by atoms with E-state index in [0.29, 0.717) is 27.4 Å². The van der Waals surface area contributed by atoms with Gasteiger partial charge in [0.2, 0.25) is 5.95 Å². The predicted molar refractivity (Wildman–Crippen MR) is 126 cm³/mol. The van der Waals surface area contributed by atoms with Gasteiger partial charge in [-0.15, -0.1) is 0 Å². The zero-order valence-electron chi connectivity index (χ0n) is 17.9. The number of rotatable bonds is 2. The third-order valence-corrected chi connectivity index (χ3v) is 6.38. The molecule has 7 heteroatoms. The Morgan fingerprint density at radius 1 is 1.03 bits per heavy atom. The van der Waals surface area contributed by atoms with E-state index in [0.717, 1.165) is 28.9 Å². The predicted octanol–water partition coefficient (Wildman–Crippen LogP) is 4.85. The molecule has 0 amide bonds. The van der Waals surface area contributed by atoms with E-state index in [1.54, 1.807) is 0 Å². The summed E-state index contributed by atoms with van der Waals surface area (Å²) in [6.07, 6.45) is 0.901. The van der Waals surface area contributed by atoms with Gasteiger partial charge in [0.1, 0.15) is 15.9 Å². The maximum absolute atomic E-state index is 13.2. The Hall–Kier alpha value is -3.32. The lowest BCUT2D eigenvalue weighted by Crippen LogP contribution is -2.28. The first kappa shape index (κ1) is 19.6. The molecule has 0 unspecified atom stereocenters. The van der Waals surface area contributed by atoms with Crippen molar-refractivity contribution in [1.29, 1.82) is 0 Å². The van der Waals surface area contributed by atoms with Crippen LogP contribution in [0, 0.1) is 25.4 Å². The molecule has 0 radical (unpaired) electrons. The molecule has 0 aliphatic carbocycles. The Balaban J connectivity index is 1.75. The van der Waals surface area contributed by atoms with Crippen LogP contribution >= 0.6 is 12.2 Å². The highest BCUT2D eigenvalue weighted by atomic mass is 32.1. The maximum atomic E-state index is 13.2. The number of anilines is 2. The molecule has 2 aromatic heterocycles.